The van der Waals surface area contributed by atoms with Crippen LogP contribution in [-0.4, -0.2) is 48.7 Å². The summed E-state index contributed by atoms with van der Waals surface area (Å²) in [6.07, 6.45) is 5.11. The number of ketones is 1. The molecule has 1 fully saturated rings. The summed E-state index contributed by atoms with van der Waals surface area (Å²) >= 11 is 0. The third-order valence-electron chi connectivity index (χ3n) is 4.67. The Hall–Kier alpha value is -3.02. The van der Waals surface area contributed by atoms with E-state index in [1.807, 2.05) is 24.3 Å². The molecule has 2 N–H and O–H groups in total. The van der Waals surface area contributed by atoms with Crippen molar-refractivity contribution in [1.29, 1.82) is 5.41 Å². The number of likely N-dealkylation sites (tertiary alicyclic amines) is 1. The Bertz CT molecular complexity index is 885. The Balaban J connectivity index is 1.93. The molecule has 0 unspecified atom stereocenters. The maximum atomic E-state index is 13.1. The lowest BCUT2D eigenvalue weighted by atomic mass is 9.84. The molecule has 4 rings (SSSR count). The fourth-order valence-electron chi connectivity index (χ4n) is 3.49. The normalized spacial score (nSPS) is 19.5. The molecule has 2 heterocycles. The molecule has 0 saturated carbocycles. The molecule has 6 nitrogen and oxygen atoms in total. The molecule has 0 bridgehead atoms. The summed E-state index contributed by atoms with van der Waals surface area (Å²) in [5.41, 5.74) is 3.69. The Morgan fingerprint density at radius 2 is 1.92 bits per heavy atom. The first-order chi connectivity index (χ1) is 12.2. The van der Waals surface area contributed by atoms with Crippen LogP contribution in [0.25, 0.3) is 0 Å². The second-order valence-corrected chi connectivity index (χ2v) is 6.20. The van der Waals surface area contributed by atoms with E-state index >= 15 is 0 Å². The number of benzene rings is 1. The Kier molecular flexibility index (Phi) is 3.80. The molecule has 3 aliphatic rings. The smallest absolute Gasteiger partial charge is 0.226 e. The SMILES string of the molecule is CN/C=C(\C=N)C1=C2N=C(N3CCCC3)N=C2c2ccccc2C1=O. The number of guanidine groups is 1. The molecule has 1 saturated heterocycles. The number of hydrogen-bond donors (Lipinski definition) is 2. The van der Waals surface area contributed by atoms with Crippen molar-refractivity contribution in [3.05, 3.63) is 58.4 Å². The minimum Gasteiger partial charge on any atom is -0.393 e. The Labute approximate surface area is 146 Å². The number of carbonyl (C=O) groups is 1. The van der Waals surface area contributed by atoms with E-state index in [0.717, 1.165) is 37.2 Å². The quantitative estimate of drug-likeness (QED) is 0.832. The van der Waals surface area contributed by atoms with Crippen molar-refractivity contribution in [1.82, 2.24) is 10.2 Å². The molecular formula is C19H19N5O. The lowest BCUT2D eigenvalue weighted by molar-refractivity contribution is 0.103. The van der Waals surface area contributed by atoms with Gasteiger partial charge in [0.05, 0.1) is 5.57 Å². The zero-order valence-electron chi connectivity index (χ0n) is 14.0. The monoisotopic (exact) mass is 333 g/mol. The minimum absolute atomic E-state index is 0.110. The van der Waals surface area contributed by atoms with Gasteiger partial charge in [-0.1, -0.05) is 24.3 Å². The fraction of sp³-hybridized carbons (Fsp3) is 0.263. The molecule has 1 aliphatic carbocycles. The highest BCUT2D eigenvalue weighted by atomic mass is 16.1. The lowest BCUT2D eigenvalue weighted by Gasteiger charge is -2.19. The second-order valence-electron chi connectivity index (χ2n) is 6.20. The molecule has 1 aromatic carbocycles. The van der Waals surface area contributed by atoms with Crippen LogP contribution in [0.1, 0.15) is 28.8 Å². The maximum absolute atomic E-state index is 13.1. The summed E-state index contributed by atoms with van der Waals surface area (Å²) in [5.74, 6) is 0.569. The average Bonchev–Trinajstić information content (AvgIpc) is 3.30. The van der Waals surface area contributed by atoms with Crippen molar-refractivity contribution >= 4 is 23.7 Å². The van der Waals surface area contributed by atoms with E-state index in [1.165, 1.54) is 6.21 Å². The maximum Gasteiger partial charge on any atom is 0.226 e. The number of nitrogens with one attached hydrogen (secondary N) is 2. The van der Waals surface area contributed by atoms with Crippen LogP contribution in [0, 0.1) is 5.41 Å². The van der Waals surface area contributed by atoms with E-state index < -0.39 is 0 Å². The Morgan fingerprint density at radius 1 is 1.20 bits per heavy atom. The van der Waals surface area contributed by atoms with Gasteiger partial charge in [-0.25, -0.2) is 9.98 Å². The van der Waals surface area contributed by atoms with E-state index in [2.05, 4.69) is 10.2 Å². The molecule has 0 radical (unpaired) electrons. The van der Waals surface area contributed by atoms with Gasteiger partial charge in [0.1, 0.15) is 11.4 Å². The molecular weight excluding hydrogens is 314 g/mol. The molecule has 1 aromatic rings. The number of carbonyl (C=O) groups excluding carboxylic acids is 1. The van der Waals surface area contributed by atoms with Crippen LogP contribution in [0.15, 0.2) is 57.3 Å². The van der Waals surface area contributed by atoms with Gasteiger partial charge in [-0.05, 0) is 12.8 Å². The average molecular weight is 333 g/mol. The molecule has 0 atom stereocenters. The van der Waals surface area contributed by atoms with E-state index in [0.29, 0.717) is 28.4 Å². The van der Waals surface area contributed by atoms with Crippen molar-refractivity contribution < 1.29 is 4.79 Å². The zero-order chi connectivity index (χ0) is 17.4. The molecule has 0 aromatic heterocycles. The summed E-state index contributed by atoms with van der Waals surface area (Å²) in [6.45, 7) is 1.88. The number of rotatable bonds is 3. The number of aliphatic imine (C=N–C) groups is 2. The minimum atomic E-state index is -0.110. The van der Waals surface area contributed by atoms with Crippen molar-refractivity contribution in [2.75, 3.05) is 20.1 Å². The van der Waals surface area contributed by atoms with Gasteiger partial charge in [0.15, 0.2) is 5.78 Å². The number of Topliss-reactive ketones (excluding diaryl/α,β-unsaturated/α-hetero) is 1. The topological polar surface area (TPSA) is 80.9 Å². The van der Waals surface area contributed by atoms with Gasteiger partial charge in [-0.2, -0.15) is 0 Å². The molecule has 126 valence electrons. The van der Waals surface area contributed by atoms with Gasteiger partial charge >= 0.3 is 0 Å². The van der Waals surface area contributed by atoms with Crippen LogP contribution in [0.2, 0.25) is 0 Å². The number of hydrogen-bond acceptors (Lipinski definition) is 6. The molecule has 2 aliphatic heterocycles. The van der Waals surface area contributed by atoms with Crippen LogP contribution in [0.5, 0.6) is 0 Å². The largest absolute Gasteiger partial charge is 0.393 e. The van der Waals surface area contributed by atoms with Gasteiger partial charge in [0.2, 0.25) is 5.96 Å². The first kappa shape index (κ1) is 15.5. The van der Waals surface area contributed by atoms with Gasteiger partial charge in [-0.3, -0.25) is 4.79 Å². The zero-order valence-corrected chi connectivity index (χ0v) is 14.0. The van der Waals surface area contributed by atoms with Crippen molar-refractivity contribution in [3.8, 4) is 0 Å². The predicted molar refractivity (Wildman–Crippen MR) is 98.5 cm³/mol. The molecule has 0 amide bonds. The number of nitrogens with zero attached hydrogens (tertiary/aromatic N) is 3. The van der Waals surface area contributed by atoms with Crippen molar-refractivity contribution in [2.24, 2.45) is 9.98 Å². The van der Waals surface area contributed by atoms with Crippen LogP contribution >= 0.6 is 0 Å². The summed E-state index contributed by atoms with van der Waals surface area (Å²) in [7, 11) is 1.75. The Morgan fingerprint density at radius 3 is 2.60 bits per heavy atom. The second kappa shape index (κ2) is 6.12. The molecule has 0 spiro atoms. The summed E-state index contributed by atoms with van der Waals surface area (Å²) in [6, 6.07) is 7.48. The summed E-state index contributed by atoms with van der Waals surface area (Å²) in [4.78, 5) is 24.7. The molecule has 25 heavy (non-hydrogen) atoms. The van der Waals surface area contributed by atoms with Crippen LogP contribution in [0.4, 0.5) is 0 Å². The van der Waals surface area contributed by atoms with Crippen molar-refractivity contribution in [3.63, 3.8) is 0 Å². The highest BCUT2D eigenvalue weighted by Gasteiger charge is 2.36. The first-order valence-corrected chi connectivity index (χ1v) is 8.44. The molecule has 6 heteroatoms. The first-order valence-electron chi connectivity index (χ1n) is 8.44. The van der Waals surface area contributed by atoms with Crippen molar-refractivity contribution in [2.45, 2.75) is 12.8 Å². The fourth-order valence-corrected chi connectivity index (χ4v) is 3.49. The highest BCUT2D eigenvalue weighted by molar-refractivity contribution is 6.34. The lowest BCUT2D eigenvalue weighted by Crippen LogP contribution is -2.25. The third-order valence-corrected chi connectivity index (χ3v) is 4.67. The van der Waals surface area contributed by atoms with E-state index in [1.54, 1.807) is 13.2 Å². The van der Waals surface area contributed by atoms with Gasteiger partial charge in [0, 0.05) is 49.3 Å². The number of fused-ring (bicyclic) bond motifs is 3. The summed E-state index contributed by atoms with van der Waals surface area (Å²) in [5, 5.41) is 10.6. The third kappa shape index (κ3) is 2.41. The highest BCUT2D eigenvalue weighted by Crippen LogP contribution is 2.34. The van der Waals surface area contributed by atoms with Crippen LogP contribution in [-0.2, 0) is 0 Å². The standard InChI is InChI=1S/C19H19N5O/c1-21-11-12(10-20)15-17-16(13-6-2-3-7-14(13)18(15)25)22-19(23-17)24-8-4-5-9-24/h2-3,6-7,10-11,20-21H,4-5,8-9H2,1H3/b12-11+,20-10?. The predicted octanol–water partition coefficient (Wildman–Crippen LogP) is 2.14. The van der Waals surface area contributed by atoms with Crippen LogP contribution < -0.4 is 5.32 Å². The van der Waals surface area contributed by atoms with Gasteiger partial charge in [0.25, 0.3) is 0 Å². The number of allylic oxidation sites excluding steroid dienone is 3. The van der Waals surface area contributed by atoms with E-state index in [9.17, 15) is 4.79 Å². The van der Waals surface area contributed by atoms with Gasteiger partial charge < -0.3 is 15.6 Å². The summed E-state index contributed by atoms with van der Waals surface area (Å²) < 4.78 is 0. The van der Waals surface area contributed by atoms with Gasteiger partial charge in [-0.15, -0.1) is 0 Å². The van der Waals surface area contributed by atoms with Crippen LogP contribution in [0.3, 0.4) is 0 Å². The van der Waals surface area contributed by atoms with E-state index in [-0.39, 0.29) is 5.78 Å². The van der Waals surface area contributed by atoms with E-state index in [4.69, 9.17) is 15.4 Å².